The number of amides is 2. The summed E-state index contributed by atoms with van der Waals surface area (Å²) in [6, 6.07) is 5.22. The van der Waals surface area contributed by atoms with E-state index in [0.29, 0.717) is 6.04 Å². The maximum absolute atomic E-state index is 11.7. The van der Waals surface area contributed by atoms with Gasteiger partial charge < -0.3 is 20.4 Å². The van der Waals surface area contributed by atoms with Gasteiger partial charge in [0.25, 0.3) is 0 Å². The number of aromatic nitrogens is 1. The van der Waals surface area contributed by atoms with Gasteiger partial charge in [0.15, 0.2) is 0 Å². The molecule has 2 aliphatic heterocycles. The molecule has 1 atom stereocenters. The molecule has 1 unspecified atom stereocenters. The van der Waals surface area contributed by atoms with Crippen LogP contribution in [0.2, 0.25) is 0 Å². The van der Waals surface area contributed by atoms with E-state index in [1.807, 2.05) is 17.2 Å². The Morgan fingerprint density at radius 1 is 1.38 bits per heavy atom. The second-order valence-electron chi connectivity index (χ2n) is 6.12. The molecule has 1 aromatic heterocycles. The quantitative estimate of drug-likeness (QED) is 0.849. The smallest absolute Gasteiger partial charge is 0.317 e. The number of piperazine rings is 1. The molecule has 6 nitrogen and oxygen atoms in total. The minimum Gasteiger partial charge on any atom is -0.352 e. The zero-order valence-corrected chi connectivity index (χ0v) is 12.1. The summed E-state index contributed by atoms with van der Waals surface area (Å²) in [4.78, 5) is 20.5. The number of pyridine rings is 1. The van der Waals surface area contributed by atoms with Crippen molar-refractivity contribution in [1.82, 2.24) is 20.5 Å². The third-order valence-electron chi connectivity index (χ3n) is 4.56. The summed E-state index contributed by atoms with van der Waals surface area (Å²) in [5.74, 6) is 1.07. The van der Waals surface area contributed by atoms with Gasteiger partial charge in [-0.2, -0.15) is 0 Å². The van der Waals surface area contributed by atoms with Crippen LogP contribution in [-0.4, -0.2) is 54.2 Å². The monoisotopic (exact) mass is 287 g/mol. The van der Waals surface area contributed by atoms with Gasteiger partial charge in [-0.05, 0) is 18.9 Å². The van der Waals surface area contributed by atoms with Crippen LogP contribution in [0.5, 0.6) is 0 Å². The van der Waals surface area contributed by atoms with E-state index in [-0.39, 0.29) is 12.1 Å². The van der Waals surface area contributed by atoms with E-state index in [1.54, 1.807) is 0 Å². The fourth-order valence-electron chi connectivity index (χ4n) is 3.19. The molecule has 2 saturated heterocycles. The number of nitrogens with zero attached hydrogens (tertiary/aromatic N) is 3. The Kier molecular flexibility index (Phi) is 3.18. The fourth-order valence-corrected chi connectivity index (χ4v) is 3.19. The topological polar surface area (TPSA) is 60.5 Å². The summed E-state index contributed by atoms with van der Waals surface area (Å²) in [5, 5.41) is 6.49. The number of carbonyl (C=O) groups excluding carboxylic acids is 1. The summed E-state index contributed by atoms with van der Waals surface area (Å²) in [6.07, 6.45) is 4.45. The highest BCUT2D eigenvalue weighted by Gasteiger charge is 2.36. The van der Waals surface area contributed by atoms with Gasteiger partial charge in [0.2, 0.25) is 0 Å². The Balaban J connectivity index is 1.49. The number of fused-ring (bicyclic) bond motifs is 1. The summed E-state index contributed by atoms with van der Waals surface area (Å²) < 4.78 is 0. The number of nitrogens with one attached hydrogen (secondary N) is 2. The van der Waals surface area contributed by atoms with Crippen molar-refractivity contribution in [2.75, 3.05) is 31.1 Å². The minimum absolute atomic E-state index is 0.0799. The van der Waals surface area contributed by atoms with Gasteiger partial charge in [-0.25, -0.2) is 9.78 Å². The average molecular weight is 287 g/mol. The number of anilines is 1. The predicted octanol–water partition coefficient (Wildman–Crippen LogP) is 0.547. The van der Waals surface area contributed by atoms with Crippen LogP contribution in [-0.2, 0) is 6.54 Å². The molecule has 0 aromatic carbocycles. The van der Waals surface area contributed by atoms with Crippen molar-refractivity contribution in [3.63, 3.8) is 0 Å². The van der Waals surface area contributed by atoms with Crippen molar-refractivity contribution < 1.29 is 4.79 Å². The van der Waals surface area contributed by atoms with Gasteiger partial charge in [0, 0.05) is 50.5 Å². The van der Waals surface area contributed by atoms with Crippen molar-refractivity contribution in [2.45, 2.75) is 31.5 Å². The Labute approximate surface area is 124 Å². The molecule has 0 bridgehead atoms. The zero-order valence-electron chi connectivity index (χ0n) is 12.1. The van der Waals surface area contributed by atoms with E-state index in [2.05, 4.69) is 26.6 Å². The van der Waals surface area contributed by atoms with E-state index < -0.39 is 0 Å². The molecule has 1 aromatic rings. The summed E-state index contributed by atoms with van der Waals surface area (Å²) in [5.41, 5.74) is 1.26. The Hall–Kier alpha value is -1.82. The van der Waals surface area contributed by atoms with Crippen LogP contribution in [0.3, 0.4) is 0 Å². The van der Waals surface area contributed by atoms with Gasteiger partial charge in [-0.15, -0.1) is 0 Å². The number of hydrogen-bond donors (Lipinski definition) is 2. The Morgan fingerprint density at radius 2 is 2.29 bits per heavy atom. The van der Waals surface area contributed by atoms with Crippen molar-refractivity contribution in [2.24, 2.45) is 0 Å². The van der Waals surface area contributed by atoms with E-state index in [1.165, 1.54) is 18.4 Å². The highest BCUT2D eigenvalue weighted by molar-refractivity contribution is 5.77. The lowest BCUT2D eigenvalue weighted by Gasteiger charge is -2.37. The number of rotatable bonds is 4. The molecule has 4 rings (SSSR count). The zero-order chi connectivity index (χ0) is 14.2. The Morgan fingerprint density at radius 3 is 3.14 bits per heavy atom. The average Bonchev–Trinajstić information content (AvgIpc) is 3.28. The van der Waals surface area contributed by atoms with Crippen molar-refractivity contribution >= 4 is 11.8 Å². The van der Waals surface area contributed by atoms with Crippen molar-refractivity contribution in [3.8, 4) is 0 Å². The standard InChI is InChI=1S/C15H21N5O/c21-15-18-9-13-10-19(6-7-20(13)15)14-11(2-1-5-16-14)8-17-12-3-4-12/h1-2,5,12-13,17H,3-4,6-10H2,(H,18,21). The lowest BCUT2D eigenvalue weighted by atomic mass is 10.1. The van der Waals surface area contributed by atoms with Crippen LogP contribution < -0.4 is 15.5 Å². The minimum atomic E-state index is 0.0799. The molecular formula is C15H21N5O. The molecule has 3 aliphatic rings. The van der Waals surface area contributed by atoms with Gasteiger partial charge in [0.1, 0.15) is 5.82 Å². The normalized spacial score (nSPS) is 25.0. The molecule has 21 heavy (non-hydrogen) atoms. The molecular weight excluding hydrogens is 266 g/mol. The third-order valence-corrected chi connectivity index (χ3v) is 4.56. The van der Waals surface area contributed by atoms with Gasteiger partial charge in [-0.1, -0.05) is 6.07 Å². The van der Waals surface area contributed by atoms with Crippen molar-refractivity contribution in [3.05, 3.63) is 23.9 Å². The predicted molar refractivity (Wildman–Crippen MR) is 80.2 cm³/mol. The van der Waals surface area contributed by atoms with Crippen LogP contribution >= 0.6 is 0 Å². The first-order valence-corrected chi connectivity index (χ1v) is 7.78. The maximum Gasteiger partial charge on any atom is 0.317 e. The lowest BCUT2D eigenvalue weighted by molar-refractivity contribution is 0.197. The highest BCUT2D eigenvalue weighted by Crippen LogP contribution is 2.24. The van der Waals surface area contributed by atoms with E-state index >= 15 is 0 Å². The summed E-state index contributed by atoms with van der Waals surface area (Å²) in [6.45, 7) is 4.14. The molecule has 112 valence electrons. The van der Waals surface area contributed by atoms with Crippen LogP contribution in [0.15, 0.2) is 18.3 Å². The van der Waals surface area contributed by atoms with Crippen LogP contribution in [0, 0.1) is 0 Å². The van der Waals surface area contributed by atoms with Crippen LogP contribution in [0.25, 0.3) is 0 Å². The molecule has 0 spiro atoms. The SMILES string of the molecule is O=C1NCC2CN(c3ncccc3CNC3CC3)CCN12. The summed E-state index contributed by atoms with van der Waals surface area (Å²) in [7, 11) is 0. The van der Waals surface area contributed by atoms with Gasteiger partial charge in [-0.3, -0.25) is 0 Å². The van der Waals surface area contributed by atoms with E-state index in [4.69, 9.17) is 0 Å². The molecule has 0 radical (unpaired) electrons. The van der Waals surface area contributed by atoms with Crippen molar-refractivity contribution in [1.29, 1.82) is 0 Å². The first kappa shape index (κ1) is 12.9. The summed E-state index contributed by atoms with van der Waals surface area (Å²) >= 11 is 0. The largest absolute Gasteiger partial charge is 0.352 e. The second kappa shape index (κ2) is 5.18. The molecule has 6 heteroatoms. The molecule has 3 heterocycles. The fraction of sp³-hybridized carbons (Fsp3) is 0.600. The number of carbonyl (C=O) groups is 1. The lowest BCUT2D eigenvalue weighted by Crippen LogP contribution is -2.52. The third kappa shape index (κ3) is 2.55. The molecule has 2 amide bonds. The van der Waals surface area contributed by atoms with Gasteiger partial charge >= 0.3 is 6.03 Å². The maximum atomic E-state index is 11.7. The van der Waals surface area contributed by atoms with Crippen LogP contribution in [0.4, 0.5) is 10.6 Å². The van der Waals surface area contributed by atoms with E-state index in [9.17, 15) is 4.79 Å². The second-order valence-corrected chi connectivity index (χ2v) is 6.12. The van der Waals surface area contributed by atoms with Gasteiger partial charge in [0.05, 0.1) is 6.04 Å². The first-order chi connectivity index (χ1) is 10.3. The molecule has 3 fully saturated rings. The molecule has 1 aliphatic carbocycles. The van der Waals surface area contributed by atoms with E-state index in [0.717, 1.165) is 38.5 Å². The molecule has 2 N–H and O–H groups in total. The highest BCUT2D eigenvalue weighted by atomic mass is 16.2. The molecule has 1 saturated carbocycles. The Bertz CT molecular complexity index is 545. The first-order valence-electron chi connectivity index (χ1n) is 7.78. The van der Waals surface area contributed by atoms with Crippen LogP contribution in [0.1, 0.15) is 18.4 Å². The number of urea groups is 1. The number of hydrogen-bond acceptors (Lipinski definition) is 4.